The van der Waals surface area contributed by atoms with Gasteiger partial charge in [0.05, 0.1) is 0 Å². The van der Waals surface area contributed by atoms with Gasteiger partial charge < -0.3 is 4.90 Å². The highest BCUT2D eigenvalue weighted by Gasteiger charge is 2.17. The SMILES string of the molecule is c1ccc(-c2ccc(N(c3cccc(-c4cc5ccccc5c5ccccc45)c3)c3ccc4sc5c6ccccc6ccc5c4c3)cc2)cc1. The van der Waals surface area contributed by atoms with E-state index in [1.54, 1.807) is 0 Å². The maximum absolute atomic E-state index is 2.41. The van der Waals surface area contributed by atoms with Gasteiger partial charge in [0.1, 0.15) is 0 Å². The second kappa shape index (κ2) is 11.7. The van der Waals surface area contributed by atoms with E-state index < -0.39 is 0 Å². The molecule has 0 saturated heterocycles. The van der Waals surface area contributed by atoms with Crippen LogP contribution >= 0.6 is 11.3 Å². The van der Waals surface area contributed by atoms with Gasteiger partial charge in [0.25, 0.3) is 0 Å². The predicted molar refractivity (Wildman–Crippen MR) is 217 cm³/mol. The minimum Gasteiger partial charge on any atom is -0.310 e. The first-order chi connectivity index (χ1) is 24.8. The molecule has 1 aromatic heterocycles. The highest BCUT2D eigenvalue weighted by Crippen LogP contribution is 2.44. The van der Waals surface area contributed by atoms with Crippen molar-refractivity contribution in [2.75, 3.05) is 4.90 Å². The third-order valence-electron chi connectivity index (χ3n) is 10.0. The number of fused-ring (bicyclic) bond motifs is 8. The van der Waals surface area contributed by atoms with Gasteiger partial charge in [-0.25, -0.2) is 0 Å². The number of benzene rings is 9. The molecule has 0 atom stereocenters. The van der Waals surface area contributed by atoms with Gasteiger partial charge in [-0.1, -0.05) is 140 Å². The molecule has 0 aliphatic rings. The first-order valence-electron chi connectivity index (χ1n) is 17.1. The molecule has 1 heterocycles. The number of thiophene rings is 1. The van der Waals surface area contributed by atoms with Crippen molar-refractivity contribution in [1.29, 1.82) is 0 Å². The van der Waals surface area contributed by atoms with Crippen LogP contribution in [0.4, 0.5) is 17.1 Å². The lowest BCUT2D eigenvalue weighted by Gasteiger charge is -2.26. The van der Waals surface area contributed by atoms with Gasteiger partial charge in [-0.05, 0) is 103 Å². The van der Waals surface area contributed by atoms with Crippen LogP contribution in [0.15, 0.2) is 188 Å². The largest absolute Gasteiger partial charge is 0.310 e. The van der Waals surface area contributed by atoms with Crippen molar-refractivity contribution in [3.05, 3.63) is 188 Å². The summed E-state index contributed by atoms with van der Waals surface area (Å²) in [5, 5.41) is 10.3. The molecule has 0 aliphatic carbocycles. The summed E-state index contributed by atoms with van der Waals surface area (Å²) >= 11 is 1.89. The topological polar surface area (TPSA) is 3.24 Å². The maximum Gasteiger partial charge on any atom is 0.0468 e. The Labute approximate surface area is 294 Å². The van der Waals surface area contributed by atoms with E-state index in [1.807, 2.05) is 11.3 Å². The summed E-state index contributed by atoms with van der Waals surface area (Å²) in [6.45, 7) is 0. The van der Waals surface area contributed by atoms with Crippen LogP contribution in [0, 0.1) is 0 Å². The minimum atomic E-state index is 1.12. The van der Waals surface area contributed by atoms with Gasteiger partial charge in [0.2, 0.25) is 0 Å². The molecular formula is C48H31NS. The van der Waals surface area contributed by atoms with E-state index >= 15 is 0 Å². The lowest BCUT2D eigenvalue weighted by Crippen LogP contribution is -2.10. The molecule has 0 radical (unpaired) electrons. The number of nitrogens with zero attached hydrogens (tertiary/aromatic N) is 1. The van der Waals surface area contributed by atoms with Gasteiger partial charge in [0, 0.05) is 37.2 Å². The van der Waals surface area contributed by atoms with Crippen LogP contribution in [-0.2, 0) is 0 Å². The zero-order valence-electron chi connectivity index (χ0n) is 27.3. The van der Waals surface area contributed by atoms with Crippen LogP contribution in [0.1, 0.15) is 0 Å². The standard InChI is InChI=1S/C48H31NS/c1-2-11-32(12-3-1)33-21-24-37(25-22-33)49(39-26-28-47-46(31-39)44-27-23-34-13-4-7-18-41(34)48(44)50-47)38-16-10-15-35(29-38)45-30-36-14-5-6-17-40(36)42-19-8-9-20-43(42)45/h1-31H. The summed E-state index contributed by atoms with van der Waals surface area (Å²) in [6.07, 6.45) is 0. The molecule has 2 heteroatoms. The van der Waals surface area contributed by atoms with Crippen molar-refractivity contribution >= 4 is 80.9 Å². The zero-order chi connectivity index (χ0) is 33.0. The van der Waals surface area contributed by atoms with Crippen molar-refractivity contribution in [3.63, 3.8) is 0 Å². The second-order valence-electron chi connectivity index (χ2n) is 12.9. The number of hydrogen-bond acceptors (Lipinski definition) is 2. The zero-order valence-corrected chi connectivity index (χ0v) is 28.1. The van der Waals surface area contributed by atoms with Crippen molar-refractivity contribution in [2.45, 2.75) is 0 Å². The normalized spacial score (nSPS) is 11.6. The molecule has 0 bridgehead atoms. The average Bonchev–Trinajstić information content (AvgIpc) is 3.57. The van der Waals surface area contributed by atoms with E-state index in [0.29, 0.717) is 0 Å². The first kappa shape index (κ1) is 28.8. The van der Waals surface area contributed by atoms with Gasteiger partial charge in [0.15, 0.2) is 0 Å². The van der Waals surface area contributed by atoms with Crippen LogP contribution in [0.5, 0.6) is 0 Å². The molecule has 0 aliphatic heterocycles. The summed E-state index contributed by atoms with van der Waals surface area (Å²) in [6, 6.07) is 68.7. The lowest BCUT2D eigenvalue weighted by atomic mass is 9.93. The third-order valence-corrected chi connectivity index (χ3v) is 11.2. The molecule has 0 saturated carbocycles. The van der Waals surface area contributed by atoms with Crippen LogP contribution in [0.25, 0.3) is 74.7 Å². The monoisotopic (exact) mass is 653 g/mol. The molecule has 1 nitrogen and oxygen atoms in total. The van der Waals surface area contributed by atoms with Gasteiger partial charge in [-0.15, -0.1) is 11.3 Å². The lowest BCUT2D eigenvalue weighted by molar-refractivity contribution is 1.29. The van der Waals surface area contributed by atoms with Crippen LogP contribution in [0.2, 0.25) is 0 Å². The molecule has 0 fully saturated rings. The molecule has 0 N–H and O–H groups in total. The van der Waals surface area contributed by atoms with Crippen LogP contribution in [0.3, 0.4) is 0 Å². The molecule has 0 unspecified atom stereocenters. The van der Waals surface area contributed by atoms with Gasteiger partial charge >= 0.3 is 0 Å². The fourth-order valence-electron chi connectivity index (χ4n) is 7.62. The van der Waals surface area contributed by atoms with E-state index in [-0.39, 0.29) is 0 Å². The van der Waals surface area contributed by atoms with E-state index in [9.17, 15) is 0 Å². The van der Waals surface area contributed by atoms with E-state index in [4.69, 9.17) is 0 Å². The molecule has 9 aromatic carbocycles. The Bertz CT molecular complexity index is 2870. The fraction of sp³-hybridized carbons (Fsp3) is 0. The maximum atomic E-state index is 2.41. The minimum absolute atomic E-state index is 1.12. The fourth-order valence-corrected chi connectivity index (χ4v) is 8.84. The first-order valence-corrected chi connectivity index (χ1v) is 17.9. The Morgan fingerprint density at radius 1 is 0.320 bits per heavy atom. The van der Waals surface area contributed by atoms with E-state index in [2.05, 4.69) is 193 Å². The third kappa shape index (κ3) is 4.76. The highest BCUT2D eigenvalue weighted by atomic mass is 32.1. The molecule has 234 valence electrons. The Kier molecular flexibility index (Phi) is 6.75. The Balaban J connectivity index is 1.17. The summed E-state index contributed by atoms with van der Waals surface area (Å²) in [4.78, 5) is 2.41. The summed E-state index contributed by atoms with van der Waals surface area (Å²) < 4.78 is 2.65. The Morgan fingerprint density at radius 3 is 1.80 bits per heavy atom. The summed E-state index contributed by atoms with van der Waals surface area (Å²) in [5.41, 5.74) is 8.24. The van der Waals surface area contributed by atoms with Crippen molar-refractivity contribution in [1.82, 2.24) is 0 Å². The average molecular weight is 654 g/mol. The molecule has 10 rings (SSSR count). The molecule has 0 amide bonds. The molecular weight excluding hydrogens is 623 g/mol. The van der Waals surface area contributed by atoms with Crippen molar-refractivity contribution in [2.24, 2.45) is 0 Å². The molecule has 50 heavy (non-hydrogen) atoms. The number of rotatable bonds is 5. The quantitative estimate of drug-likeness (QED) is 0.167. The number of anilines is 3. The summed E-state index contributed by atoms with van der Waals surface area (Å²) in [5.74, 6) is 0. The van der Waals surface area contributed by atoms with Gasteiger partial charge in [-0.2, -0.15) is 0 Å². The molecule has 10 aromatic rings. The van der Waals surface area contributed by atoms with Crippen molar-refractivity contribution < 1.29 is 0 Å². The van der Waals surface area contributed by atoms with Crippen LogP contribution in [-0.4, -0.2) is 0 Å². The number of hydrogen-bond donors (Lipinski definition) is 0. The van der Waals surface area contributed by atoms with E-state index in [1.165, 1.54) is 74.7 Å². The van der Waals surface area contributed by atoms with E-state index in [0.717, 1.165) is 17.1 Å². The highest BCUT2D eigenvalue weighted by molar-refractivity contribution is 7.26. The predicted octanol–water partition coefficient (Wildman–Crippen LogP) is 14.3. The Hall–Kier alpha value is -6.22. The van der Waals surface area contributed by atoms with Crippen LogP contribution < -0.4 is 4.90 Å². The van der Waals surface area contributed by atoms with Gasteiger partial charge in [-0.3, -0.25) is 0 Å². The smallest absolute Gasteiger partial charge is 0.0468 e. The summed E-state index contributed by atoms with van der Waals surface area (Å²) in [7, 11) is 0. The molecule has 0 spiro atoms. The van der Waals surface area contributed by atoms with Crippen molar-refractivity contribution in [3.8, 4) is 22.3 Å². The Morgan fingerprint density at radius 2 is 0.960 bits per heavy atom. The second-order valence-corrected chi connectivity index (χ2v) is 14.0.